The van der Waals surface area contributed by atoms with Gasteiger partial charge in [0.05, 0.1) is 18.4 Å². The van der Waals surface area contributed by atoms with Crippen molar-refractivity contribution in [3.05, 3.63) is 82.9 Å². The van der Waals surface area contributed by atoms with Gasteiger partial charge in [-0.15, -0.1) is 10.2 Å². The fourth-order valence-electron chi connectivity index (χ4n) is 3.01. The zero-order valence-corrected chi connectivity index (χ0v) is 18.4. The van der Waals surface area contributed by atoms with E-state index in [1.807, 2.05) is 24.5 Å². The van der Waals surface area contributed by atoms with Crippen LogP contribution in [0, 0.1) is 13.8 Å². The van der Waals surface area contributed by atoms with Crippen molar-refractivity contribution in [1.82, 2.24) is 19.7 Å². The molecular formula is C23H20ClN5O3. The van der Waals surface area contributed by atoms with Gasteiger partial charge >= 0.3 is 0 Å². The number of rotatable bonds is 6. The molecule has 0 bridgehead atoms. The first-order chi connectivity index (χ1) is 15.4. The largest absolute Gasteiger partial charge is 0.496 e. The third-order valence-electron chi connectivity index (χ3n) is 4.87. The molecule has 0 aliphatic rings. The average Bonchev–Trinajstić information content (AvgIpc) is 3.14. The maximum Gasteiger partial charge on any atom is 0.259 e. The summed E-state index contributed by atoms with van der Waals surface area (Å²) in [4.78, 5) is 16.9. The minimum absolute atomic E-state index is 0.329. The van der Waals surface area contributed by atoms with Crippen LogP contribution >= 0.6 is 11.6 Å². The van der Waals surface area contributed by atoms with E-state index < -0.39 is 0 Å². The van der Waals surface area contributed by atoms with E-state index in [4.69, 9.17) is 21.1 Å². The van der Waals surface area contributed by atoms with Crippen molar-refractivity contribution in [2.75, 3.05) is 12.4 Å². The number of carbonyl (C=O) groups excluding carboxylic acids is 1. The molecule has 0 aliphatic carbocycles. The lowest BCUT2D eigenvalue weighted by Crippen LogP contribution is -2.13. The maximum atomic E-state index is 12.6. The van der Waals surface area contributed by atoms with E-state index in [2.05, 4.69) is 20.5 Å². The molecule has 8 nitrogen and oxygen atoms in total. The fourth-order valence-corrected chi connectivity index (χ4v) is 3.18. The molecular weight excluding hydrogens is 430 g/mol. The smallest absolute Gasteiger partial charge is 0.259 e. The molecule has 0 aliphatic heterocycles. The molecule has 0 saturated heterocycles. The van der Waals surface area contributed by atoms with Gasteiger partial charge in [-0.3, -0.25) is 9.36 Å². The molecule has 4 rings (SSSR count). The number of imidazole rings is 1. The van der Waals surface area contributed by atoms with E-state index in [1.165, 1.54) is 7.11 Å². The Balaban J connectivity index is 1.42. The van der Waals surface area contributed by atoms with Gasteiger partial charge in [-0.25, -0.2) is 4.98 Å². The van der Waals surface area contributed by atoms with E-state index >= 15 is 0 Å². The lowest BCUT2D eigenvalue weighted by atomic mass is 10.2. The Morgan fingerprint density at radius 1 is 1.03 bits per heavy atom. The summed E-state index contributed by atoms with van der Waals surface area (Å²) in [6.07, 6.45) is 1.71. The normalized spacial score (nSPS) is 10.6. The maximum absolute atomic E-state index is 12.6. The van der Waals surface area contributed by atoms with Crippen molar-refractivity contribution in [3.8, 4) is 23.2 Å². The zero-order chi connectivity index (χ0) is 22.7. The first kappa shape index (κ1) is 21.3. The van der Waals surface area contributed by atoms with Gasteiger partial charge < -0.3 is 14.8 Å². The number of hydrogen-bond donors (Lipinski definition) is 1. The van der Waals surface area contributed by atoms with Gasteiger partial charge in [0, 0.05) is 22.5 Å². The molecule has 0 atom stereocenters. The highest BCUT2D eigenvalue weighted by Crippen LogP contribution is 2.25. The topological polar surface area (TPSA) is 91.2 Å². The number of amides is 1. The van der Waals surface area contributed by atoms with Crippen LogP contribution in [0.15, 0.2) is 60.9 Å². The van der Waals surface area contributed by atoms with Crippen molar-refractivity contribution >= 4 is 23.2 Å². The Kier molecular flexibility index (Phi) is 6.04. The molecule has 9 heteroatoms. The van der Waals surface area contributed by atoms with Gasteiger partial charge in [-0.05, 0) is 62.4 Å². The summed E-state index contributed by atoms with van der Waals surface area (Å²) in [6.45, 7) is 3.91. The van der Waals surface area contributed by atoms with Gasteiger partial charge in [0.2, 0.25) is 5.88 Å². The van der Waals surface area contributed by atoms with Crippen LogP contribution in [-0.4, -0.2) is 32.8 Å². The molecule has 0 radical (unpaired) electrons. The number of hydrogen-bond acceptors (Lipinski definition) is 6. The summed E-state index contributed by atoms with van der Waals surface area (Å²) in [5.74, 6) is 1.67. The summed E-state index contributed by atoms with van der Waals surface area (Å²) in [7, 11) is 1.50. The molecule has 1 amide bonds. The summed E-state index contributed by atoms with van der Waals surface area (Å²) in [6, 6.07) is 15.3. The monoisotopic (exact) mass is 449 g/mol. The van der Waals surface area contributed by atoms with E-state index in [9.17, 15) is 4.79 Å². The molecule has 0 saturated carbocycles. The standard InChI is InChI=1S/C23H20ClN5O3/c1-14-15(2)29(13-25-14)21-10-11-22(28-27-21)32-18-7-5-17(6-8-18)26-23(30)19-12-16(24)4-9-20(19)31-3/h4-13H,1-3H3,(H,26,30). The summed E-state index contributed by atoms with van der Waals surface area (Å²) in [5.41, 5.74) is 2.88. The number of ether oxygens (including phenoxy) is 2. The molecule has 32 heavy (non-hydrogen) atoms. The van der Waals surface area contributed by atoms with Gasteiger partial charge in [-0.1, -0.05) is 11.6 Å². The number of anilines is 1. The van der Waals surface area contributed by atoms with E-state index in [1.54, 1.807) is 54.9 Å². The molecule has 0 fully saturated rings. The van der Waals surface area contributed by atoms with Crippen molar-refractivity contribution in [2.24, 2.45) is 0 Å². The number of aryl methyl sites for hydroxylation is 1. The second-order valence-electron chi connectivity index (χ2n) is 6.94. The molecule has 2 aromatic heterocycles. The summed E-state index contributed by atoms with van der Waals surface area (Å²) in [5, 5.41) is 11.6. The third kappa shape index (κ3) is 4.55. The molecule has 4 aromatic rings. The van der Waals surface area contributed by atoms with Crippen molar-refractivity contribution in [1.29, 1.82) is 0 Å². The van der Waals surface area contributed by atoms with Crippen LogP contribution in [0.1, 0.15) is 21.7 Å². The van der Waals surface area contributed by atoms with Gasteiger partial charge in [-0.2, -0.15) is 0 Å². The minimum atomic E-state index is -0.329. The molecule has 1 N–H and O–H groups in total. The Bertz CT molecular complexity index is 1250. The van der Waals surface area contributed by atoms with Crippen LogP contribution in [0.25, 0.3) is 5.82 Å². The number of carbonyl (C=O) groups is 1. The second-order valence-corrected chi connectivity index (χ2v) is 7.38. The molecule has 0 unspecified atom stereocenters. The lowest BCUT2D eigenvalue weighted by molar-refractivity contribution is 0.102. The highest BCUT2D eigenvalue weighted by atomic mass is 35.5. The second kappa shape index (κ2) is 9.07. The fraction of sp³-hybridized carbons (Fsp3) is 0.130. The highest BCUT2D eigenvalue weighted by molar-refractivity contribution is 6.31. The average molecular weight is 450 g/mol. The van der Waals surface area contributed by atoms with Crippen molar-refractivity contribution < 1.29 is 14.3 Å². The number of benzene rings is 2. The van der Waals surface area contributed by atoms with E-state index in [-0.39, 0.29) is 5.91 Å². The summed E-state index contributed by atoms with van der Waals surface area (Å²) >= 11 is 6.00. The lowest BCUT2D eigenvalue weighted by Gasteiger charge is -2.10. The van der Waals surface area contributed by atoms with Crippen molar-refractivity contribution in [2.45, 2.75) is 13.8 Å². The predicted molar refractivity (Wildman–Crippen MR) is 121 cm³/mol. The molecule has 2 heterocycles. The van der Waals surface area contributed by atoms with Crippen LogP contribution in [0.2, 0.25) is 5.02 Å². The number of aromatic nitrogens is 4. The Labute approximate surface area is 189 Å². The molecule has 2 aromatic carbocycles. The zero-order valence-electron chi connectivity index (χ0n) is 17.7. The number of nitrogens with zero attached hydrogens (tertiary/aromatic N) is 4. The van der Waals surface area contributed by atoms with Crippen molar-refractivity contribution in [3.63, 3.8) is 0 Å². The number of nitrogens with one attached hydrogen (secondary N) is 1. The van der Waals surface area contributed by atoms with Gasteiger partial charge in [0.25, 0.3) is 5.91 Å². The predicted octanol–water partition coefficient (Wildman–Crippen LogP) is 4.99. The first-order valence-electron chi connectivity index (χ1n) is 9.72. The Hall–Kier alpha value is -3.91. The van der Waals surface area contributed by atoms with E-state index in [0.29, 0.717) is 39.5 Å². The SMILES string of the molecule is COc1ccc(Cl)cc1C(=O)Nc1ccc(Oc2ccc(-n3cnc(C)c3C)nn2)cc1. The first-order valence-corrected chi connectivity index (χ1v) is 10.1. The van der Waals surface area contributed by atoms with Crippen LogP contribution < -0.4 is 14.8 Å². The van der Waals surface area contributed by atoms with Gasteiger partial charge in [0.15, 0.2) is 5.82 Å². The Morgan fingerprint density at radius 2 is 1.81 bits per heavy atom. The number of methoxy groups -OCH3 is 1. The summed E-state index contributed by atoms with van der Waals surface area (Å²) < 4.78 is 12.8. The minimum Gasteiger partial charge on any atom is -0.496 e. The quantitative estimate of drug-likeness (QED) is 0.446. The van der Waals surface area contributed by atoms with Crippen LogP contribution in [0.5, 0.6) is 17.4 Å². The van der Waals surface area contributed by atoms with Crippen LogP contribution in [0.3, 0.4) is 0 Å². The molecule has 162 valence electrons. The molecule has 0 spiro atoms. The van der Waals surface area contributed by atoms with Crippen LogP contribution in [0.4, 0.5) is 5.69 Å². The van der Waals surface area contributed by atoms with Crippen LogP contribution in [-0.2, 0) is 0 Å². The number of halogens is 1. The van der Waals surface area contributed by atoms with Gasteiger partial charge in [0.1, 0.15) is 17.8 Å². The third-order valence-corrected chi connectivity index (χ3v) is 5.10. The Morgan fingerprint density at radius 3 is 2.44 bits per heavy atom. The van der Waals surface area contributed by atoms with E-state index in [0.717, 1.165) is 11.4 Å². The highest BCUT2D eigenvalue weighted by Gasteiger charge is 2.13.